The van der Waals surface area contributed by atoms with Gasteiger partial charge in [0.05, 0.1) is 37.4 Å². The van der Waals surface area contributed by atoms with Gasteiger partial charge in [-0.05, 0) is 6.07 Å². The fraction of sp³-hybridized carbons (Fsp3) is 0.389. The third-order valence-electron chi connectivity index (χ3n) is 4.21. The zero-order chi connectivity index (χ0) is 19.2. The molecule has 0 bridgehead atoms. The summed E-state index contributed by atoms with van der Waals surface area (Å²) in [7, 11) is 1.67. The Labute approximate surface area is 181 Å². The fourth-order valence-electron chi connectivity index (χ4n) is 3.03. The number of guanidine groups is 1. The average molecular weight is 444 g/mol. The van der Waals surface area contributed by atoms with Gasteiger partial charge in [0.25, 0.3) is 0 Å². The number of aliphatic imine (C=N–C) groups is 1. The van der Waals surface area contributed by atoms with Crippen LogP contribution in [0.2, 0.25) is 0 Å². The maximum absolute atomic E-state index is 6.17. The van der Waals surface area contributed by atoms with Gasteiger partial charge in [0.1, 0.15) is 11.3 Å². The molecule has 2 aromatic heterocycles. The Morgan fingerprint density at radius 1 is 1.10 bits per heavy atom. The topological polar surface area (TPSA) is 140 Å². The van der Waals surface area contributed by atoms with Crippen LogP contribution < -0.4 is 17.2 Å². The summed E-state index contributed by atoms with van der Waals surface area (Å²) in [6.45, 7) is 2.58. The summed E-state index contributed by atoms with van der Waals surface area (Å²) >= 11 is 0. The number of methoxy groups -OCH3 is 1. The van der Waals surface area contributed by atoms with Crippen LogP contribution in [0.5, 0.6) is 0 Å². The Bertz CT molecular complexity index is 958. The van der Waals surface area contributed by atoms with E-state index in [1.54, 1.807) is 7.11 Å². The van der Waals surface area contributed by atoms with E-state index in [-0.39, 0.29) is 30.8 Å². The minimum Gasteiger partial charge on any atom is -0.384 e. The van der Waals surface area contributed by atoms with E-state index in [2.05, 4.69) is 14.5 Å². The van der Waals surface area contributed by atoms with Crippen LogP contribution in [-0.4, -0.2) is 54.0 Å². The van der Waals surface area contributed by atoms with Gasteiger partial charge in [0, 0.05) is 25.5 Å². The average Bonchev–Trinajstić information content (AvgIpc) is 3.02. The number of hydrogen-bond acceptors (Lipinski definition) is 6. The number of hydrogen-bond donors (Lipinski definition) is 3. The molecule has 2 heterocycles. The molecule has 6 N–H and O–H groups in total. The fourth-order valence-corrected chi connectivity index (χ4v) is 3.03. The summed E-state index contributed by atoms with van der Waals surface area (Å²) in [6.07, 6.45) is 0.674. The highest BCUT2D eigenvalue weighted by molar-refractivity contribution is 6.06. The Balaban J connectivity index is 0.00000210. The number of aromatic nitrogens is 3. The molecule has 0 saturated carbocycles. The van der Waals surface area contributed by atoms with E-state index in [9.17, 15) is 0 Å². The second-order valence-corrected chi connectivity index (χ2v) is 6.05. The van der Waals surface area contributed by atoms with Crippen LogP contribution in [0.3, 0.4) is 0 Å². The lowest BCUT2D eigenvalue weighted by molar-refractivity contribution is 0.133. The van der Waals surface area contributed by atoms with Gasteiger partial charge in [0.15, 0.2) is 11.8 Å². The van der Waals surface area contributed by atoms with Gasteiger partial charge in [-0.3, -0.25) is 4.99 Å². The van der Waals surface area contributed by atoms with Crippen molar-refractivity contribution in [2.24, 2.45) is 16.5 Å². The molecule has 0 radical (unpaired) electrons. The molecule has 0 amide bonds. The van der Waals surface area contributed by atoms with Crippen LogP contribution in [0.15, 0.2) is 29.3 Å². The van der Waals surface area contributed by atoms with Gasteiger partial charge in [-0.2, -0.15) is 0 Å². The highest BCUT2D eigenvalue weighted by Gasteiger charge is 2.16. The van der Waals surface area contributed by atoms with E-state index >= 15 is 0 Å². The van der Waals surface area contributed by atoms with Gasteiger partial charge in [-0.25, -0.2) is 9.97 Å². The van der Waals surface area contributed by atoms with Crippen molar-refractivity contribution in [1.82, 2.24) is 14.5 Å². The third kappa shape index (κ3) is 5.83. The van der Waals surface area contributed by atoms with Crippen molar-refractivity contribution < 1.29 is 9.47 Å². The first-order valence-electron chi connectivity index (χ1n) is 8.77. The summed E-state index contributed by atoms with van der Waals surface area (Å²) in [5.41, 5.74) is 19.3. The highest BCUT2D eigenvalue weighted by atomic mass is 35.5. The minimum absolute atomic E-state index is 0. The van der Waals surface area contributed by atoms with E-state index in [4.69, 9.17) is 31.7 Å². The van der Waals surface area contributed by atoms with Gasteiger partial charge >= 0.3 is 0 Å². The number of anilines is 1. The van der Waals surface area contributed by atoms with Crippen LogP contribution in [0.25, 0.3) is 21.9 Å². The molecule has 0 fully saturated rings. The van der Waals surface area contributed by atoms with Crippen molar-refractivity contribution in [1.29, 1.82) is 0 Å². The first-order valence-corrected chi connectivity index (χ1v) is 8.77. The number of rotatable bonds is 9. The number of nitrogen functional groups attached to an aromatic ring is 1. The standard InChI is InChI=1S/C18H25N7O2.2ClH/c1-26-9-6-14-24-15-16(12-4-2-3-5-13(12)23-17(15)19)25(14)8-11-27-10-7-22-18(20)21;;/h2-5H,6-11H2,1H3,(H2,19,23)(H4,20,21,22);2*1H. The van der Waals surface area contributed by atoms with Crippen molar-refractivity contribution in [2.75, 3.05) is 39.2 Å². The number of benzene rings is 1. The zero-order valence-electron chi connectivity index (χ0n) is 16.2. The molecule has 3 rings (SSSR count). The van der Waals surface area contributed by atoms with Crippen molar-refractivity contribution in [3.63, 3.8) is 0 Å². The minimum atomic E-state index is 0. The maximum Gasteiger partial charge on any atom is 0.185 e. The summed E-state index contributed by atoms with van der Waals surface area (Å²) in [6, 6.07) is 7.91. The van der Waals surface area contributed by atoms with Crippen LogP contribution in [0, 0.1) is 0 Å². The molecule has 0 atom stereocenters. The molecular weight excluding hydrogens is 417 g/mol. The number of para-hydroxylation sites is 1. The summed E-state index contributed by atoms with van der Waals surface area (Å²) in [5, 5.41) is 1.01. The van der Waals surface area contributed by atoms with E-state index in [1.165, 1.54) is 0 Å². The van der Waals surface area contributed by atoms with Crippen molar-refractivity contribution >= 4 is 58.5 Å². The van der Waals surface area contributed by atoms with E-state index in [1.807, 2.05) is 24.3 Å². The largest absolute Gasteiger partial charge is 0.384 e. The first-order chi connectivity index (χ1) is 13.1. The molecule has 160 valence electrons. The number of imidazole rings is 1. The molecule has 9 nitrogen and oxygen atoms in total. The SMILES string of the molecule is COCCc1nc2c(N)nc3ccccc3c2n1CCOCCN=C(N)N.Cl.Cl. The van der Waals surface area contributed by atoms with Crippen LogP contribution in [0.4, 0.5) is 5.82 Å². The molecule has 0 spiro atoms. The number of nitrogens with zero attached hydrogens (tertiary/aromatic N) is 4. The molecule has 0 aliphatic heterocycles. The number of ether oxygens (including phenoxy) is 2. The lowest BCUT2D eigenvalue weighted by Crippen LogP contribution is -2.23. The third-order valence-corrected chi connectivity index (χ3v) is 4.21. The Morgan fingerprint density at radius 2 is 1.86 bits per heavy atom. The molecule has 3 aromatic rings. The zero-order valence-corrected chi connectivity index (χ0v) is 17.8. The predicted molar refractivity (Wildman–Crippen MR) is 121 cm³/mol. The highest BCUT2D eigenvalue weighted by Crippen LogP contribution is 2.28. The van der Waals surface area contributed by atoms with Crippen molar-refractivity contribution in [3.8, 4) is 0 Å². The van der Waals surface area contributed by atoms with Crippen LogP contribution >= 0.6 is 24.8 Å². The quantitative estimate of drug-likeness (QED) is 0.258. The van der Waals surface area contributed by atoms with Gasteiger partial charge in [-0.1, -0.05) is 18.2 Å². The first kappa shape index (κ1) is 24.7. The van der Waals surface area contributed by atoms with Gasteiger partial charge in [-0.15, -0.1) is 24.8 Å². The number of halogens is 2. The molecule has 29 heavy (non-hydrogen) atoms. The molecule has 1 aromatic carbocycles. The summed E-state index contributed by atoms with van der Waals surface area (Å²) in [5.74, 6) is 1.38. The normalized spacial score (nSPS) is 10.5. The second-order valence-electron chi connectivity index (χ2n) is 6.05. The molecule has 0 aliphatic rings. The monoisotopic (exact) mass is 443 g/mol. The van der Waals surface area contributed by atoms with Crippen LogP contribution in [-0.2, 0) is 22.4 Å². The molecule has 11 heteroatoms. The van der Waals surface area contributed by atoms with E-state index in [0.29, 0.717) is 50.7 Å². The number of fused-ring (bicyclic) bond motifs is 3. The summed E-state index contributed by atoms with van der Waals surface area (Å²) in [4.78, 5) is 13.1. The second kappa shape index (κ2) is 11.6. The Kier molecular flexibility index (Phi) is 9.90. The smallest absolute Gasteiger partial charge is 0.185 e. The number of pyridine rings is 1. The number of nitrogens with two attached hydrogens (primary N) is 3. The molecule has 0 unspecified atom stereocenters. The Morgan fingerprint density at radius 3 is 2.59 bits per heavy atom. The molecule has 0 saturated heterocycles. The summed E-state index contributed by atoms with van der Waals surface area (Å²) < 4.78 is 13.0. The van der Waals surface area contributed by atoms with E-state index < -0.39 is 0 Å². The molecule has 0 aliphatic carbocycles. The Hall–Kier alpha value is -2.33. The van der Waals surface area contributed by atoms with E-state index in [0.717, 1.165) is 22.2 Å². The van der Waals surface area contributed by atoms with Crippen molar-refractivity contribution in [2.45, 2.75) is 13.0 Å². The lowest BCUT2D eigenvalue weighted by atomic mass is 10.2. The molecular formula is C18H27Cl2N7O2. The van der Waals surface area contributed by atoms with Gasteiger partial charge < -0.3 is 31.2 Å². The van der Waals surface area contributed by atoms with Crippen molar-refractivity contribution in [3.05, 3.63) is 30.1 Å². The van der Waals surface area contributed by atoms with Gasteiger partial charge in [0.2, 0.25) is 0 Å². The van der Waals surface area contributed by atoms with Crippen LogP contribution in [0.1, 0.15) is 5.82 Å². The predicted octanol–water partition coefficient (Wildman–Crippen LogP) is 1.49. The lowest BCUT2D eigenvalue weighted by Gasteiger charge is -2.11. The maximum atomic E-state index is 6.17.